The molecule has 2 aromatic rings. The molecule has 0 fully saturated rings. The summed E-state index contributed by atoms with van der Waals surface area (Å²) in [4.78, 5) is 0. The Kier molecular flexibility index (Phi) is 3.66. The Morgan fingerprint density at radius 3 is 2.94 bits per heavy atom. The van der Waals surface area contributed by atoms with Crippen LogP contribution in [0, 0.1) is 6.92 Å². The minimum absolute atomic E-state index is 0.484. The minimum Gasteiger partial charge on any atom is -0.398 e. The molecule has 0 saturated carbocycles. The van der Waals surface area contributed by atoms with Crippen LogP contribution in [0.5, 0.6) is 0 Å². The van der Waals surface area contributed by atoms with Crippen LogP contribution >= 0.6 is 11.3 Å². The molecule has 0 spiro atoms. The zero-order valence-electron chi connectivity index (χ0n) is 9.68. The van der Waals surface area contributed by atoms with Crippen LogP contribution < -0.4 is 11.1 Å². The largest absolute Gasteiger partial charge is 0.398 e. The predicted octanol–water partition coefficient (Wildman–Crippen LogP) is 2.78. The van der Waals surface area contributed by atoms with Crippen molar-refractivity contribution in [3.05, 3.63) is 46.2 Å². The second kappa shape index (κ2) is 5.21. The first-order chi connectivity index (χ1) is 8.18. The highest BCUT2D eigenvalue weighted by Gasteiger charge is 2.08. The van der Waals surface area contributed by atoms with E-state index in [0.29, 0.717) is 6.54 Å². The van der Waals surface area contributed by atoms with Gasteiger partial charge in [-0.3, -0.25) is 0 Å². The number of hydrogen-bond donors (Lipinski definition) is 3. The molecule has 17 heavy (non-hydrogen) atoms. The van der Waals surface area contributed by atoms with E-state index < -0.39 is 6.10 Å². The van der Waals surface area contributed by atoms with Gasteiger partial charge in [-0.1, -0.05) is 6.07 Å². The van der Waals surface area contributed by atoms with Gasteiger partial charge in [0.2, 0.25) is 0 Å². The topological polar surface area (TPSA) is 58.3 Å². The SMILES string of the molecule is Cc1c(N)cccc1NCC(O)c1ccsc1. The Bertz CT molecular complexity index is 482. The summed E-state index contributed by atoms with van der Waals surface area (Å²) in [6.45, 7) is 2.45. The molecule has 1 atom stereocenters. The normalized spacial score (nSPS) is 12.4. The molecular formula is C13H16N2OS. The molecule has 0 aliphatic carbocycles. The van der Waals surface area contributed by atoms with Crippen molar-refractivity contribution < 1.29 is 5.11 Å². The van der Waals surface area contributed by atoms with E-state index >= 15 is 0 Å². The van der Waals surface area contributed by atoms with Gasteiger partial charge < -0.3 is 16.2 Å². The van der Waals surface area contributed by atoms with Crippen LogP contribution in [0.3, 0.4) is 0 Å². The van der Waals surface area contributed by atoms with Gasteiger partial charge in [0.05, 0.1) is 6.10 Å². The molecule has 1 unspecified atom stereocenters. The molecular weight excluding hydrogens is 232 g/mol. The first kappa shape index (κ1) is 12.0. The monoisotopic (exact) mass is 248 g/mol. The summed E-state index contributed by atoms with van der Waals surface area (Å²) in [7, 11) is 0. The lowest BCUT2D eigenvalue weighted by molar-refractivity contribution is 0.192. The van der Waals surface area contributed by atoms with Crippen LogP contribution in [0.4, 0.5) is 11.4 Å². The molecule has 0 radical (unpaired) electrons. The number of thiophene rings is 1. The van der Waals surface area contributed by atoms with E-state index in [1.165, 1.54) is 0 Å². The second-order valence-electron chi connectivity index (χ2n) is 3.97. The van der Waals surface area contributed by atoms with Gasteiger partial charge in [-0.05, 0) is 47.0 Å². The summed E-state index contributed by atoms with van der Waals surface area (Å²) < 4.78 is 0. The van der Waals surface area contributed by atoms with Gasteiger partial charge in [0.25, 0.3) is 0 Å². The highest BCUT2D eigenvalue weighted by molar-refractivity contribution is 7.07. The number of aliphatic hydroxyl groups is 1. The average Bonchev–Trinajstić information content (AvgIpc) is 2.84. The van der Waals surface area contributed by atoms with E-state index in [-0.39, 0.29) is 0 Å². The van der Waals surface area contributed by atoms with Crippen molar-refractivity contribution >= 4 is 22.7 Å². The molecule has 0 aliphatic rings. The maximum atomic E-state index is 9.94. The van der Waals surface area contributed by atoms with Crippen LogP contribution in [0.25, 0.3) is 0 Å². The summed E-state index contributed by atoms with van der Waals surface area (Å²) in [6, 6.07) is 7.67. The van der Waals surface area contributed by atoms with Crippen molar-refractivity contribution in [3.63, 3.8) is 0 Å². The molecule has 0 bridgehead atoms. The fourth-order valence-electron chi connectivity index (χ4n) is 1.63. The molecule has 1 aromatic carbocycles. The second-order valence-corrected chi connectivity index (χ2v) is 4.75. The maximum Gasteiger partial charge on any atom is 0.0970 e. The van der Waals surface area contributed by atoms with Gasteiger partial charge in [0.15, 0.2) is 0 Å². The zero-order chi connectivity index (χ0) is 12.3. The smallest absolute Gasteiger partial charge is 0.0970 e. The molecule has 0 saturated heterocycles. The number of hydrogen-bond acceptors (Lipinski definition) is 4. The van der Waals surface area contributed by atoms with Crippen LogP contribution in [-0.4, -0.2) is 11.7 Å². The minimum atomic E-state index is -0.484. The van der Waals surface area contributed by atoms with Crippen LogP contribution in [-0.2, 0) is 0 Å². The lowest BCUT2D eigenvalue weighted by Crippen LogP contribution is -2.12. The van der Waals surface area contributed by atoms with E-state index in [0.717, 1.165) is 22.5 Å². The van der Waals surface area contributed by atoms with E-state index in [4.69, 9.17) is 5.73 Å². The molecule has 3 nitrogen and oxygen atoms in total. The number of nitrogens with one attached hydrogen (secondary N) is 1. The fraction of sp³-hybridized carbons (Fsp3) is 0.231. The van der Waals surface area contributed by atoms with Crippen molar-refractivity contribution in [2.75, 3.05) is 17.6 Å². The summed E-state index contributed by atoms with van der Waals surface area (Å²) in [5.41, 5.74) is 9.52. The third-order valence-corrected chi connectivity index (χ3v) is 3.49. The summed E-state index contributed by atoms with van der Waals surface area (Å²) in [5, 5.41) is 17.1. The van der Waals surface area contributed by atoms with Gasteiger partial charge in [-0.25, -0.2) is 0 Å². The van der Waals surface area contributed by atoms with Gasteiger partial charge >= 0.3 is 0 Å². The molecule has 2 rings (SSSR count). The van der Waals surface area contributed by atoms with Crippen molar-refractivity contribution in [1.29, 1.82) is 0 Å². The first-order valence-corrected chi connectivity index (χ1v) is 6.42. The Balaban J connectivity index is 2.00. The molecule has 4 heteroatoms. The van der Waals surface area contributed by atoms with Crippen molar-refractivity contribution in [3.8, 4) is 0 Å². The van der Waals surface area contributed by atoms with Crippen LogP contribution in [0.15, 0.2) is 35.0 Å². The lowest BCUT2D eigenvalue weighted by Gasteiger charge is -2.14. The Morgan fingerprint density at radius 2 is 2.24 bits per heavy atom. The third kappa shape index (κ3) is 2.78. The van der Waals surface area contributed by atoms with Gasteiger partial charge in [0, 0.05) is 17.9 Å². The number of nitrogen functional groups attached to an aromatic ring is 1. The van der Waals surface area contributed by atoms with Crippen LogP contribution in [0.1, 0.15) is 17.2 Å². The number of benzene rings is 1. The molecule has 90 valence electrons. The average molecular weight is 248 g/mol. The van der Waals surface area contributed by atoms with Gasteiger partial charge in [-0.15, -0.1) is 0 Å². The fourth-order valence-corrected chi connectivity index (χ4v) is 2.34. The Labute approximate surface area is 105 Å². The van der Waals surface area contributed by atoms with E-state index in [1.807, 2.05) is 41.9 Å². The Hall–Kier alpha value is -1.52. The molecule has 0 aliphatic heterocycles. The van der Waals surface area contributed by atoms with Crippen LogP contribution in [0.2, 0.25) is 0 Å². The van der Waals surface area contributed by atoms with E-state index in [2.05, 4.69) is 5.32 Å². The standard InChI is InChI=1S/C13H16N2OS/c1-9-11(14)3-2-4-12(9)15-7-13(16)10-5-6-17-8-10/h2-6,8,13,15-16H,7,14H2,1H3. The molecule has 1 heterocycles. The van der Waals surface area contributed by atoms with Gasteiger partial charge in [-0.2, -0.15) is 11.3 Å². The summed E-state index contributed by atoms with van der Waals surface area (Å²) in [6.07, 6.45) is -0.484. The van der Waals surface area contributed by atoms with Gasteiger partial charge in [0.1, 0.15) is 0 Å². The van der Waals surface area contributed by atoms with E-state index in [9.17, 15) is 5.11 Å². The quantitative estimate of drug-likeness (QED) is 0.729. The lowest BCUT2D eigenvalue weighted by atomic mass is 10.1. The molecule has 4 N–H and O–H groups in total. The number of aliphatic hydroxyl groups excluding tert-OH is 1. The number of rotatable bonds is 4. The highest BCUT2D eigenvalue weighted by Crippen LogP contribution is 2.22. The predicted molar refractivity (Wildman–Crippen MR) is 73.4 cm³/mol. The highest BCUT2D eigenvalue weighted by atomic mass is 32.1. The number of nitrogens with two attached hydrogens (primary N) is 1. The summed E-state index contributed by atoms with van der Waals surface area (Å²) >= 11 is 1.59. The molecule has 0 amide bonds. The van der Waals surface area contributed by atoms with Crippen molar-refractivity contribution in [1.82, 2.24) is 0 Å². The maximum absolute atomic E-state index is 9.94. The third-order valence-electron chi connectivity index (χ3n) is 2.79. The molecule has 1 aromatic heterocycles. The summed E-state index contributed by atoms with van der Waals surface area (Å²) in [5.74, 6) is 0. The number of anilines is 2. The van der Waals surface area contributed by atoms with Crippen molar-refractivity contribution in [2.45, 2.75) is 13.0 Å². The Morgan fingerprint density at radius 1 is 1.41 bits per heavy atom. The van der Waals surface area contributed by atoms with E-state index in [1.54, 1.807) is 11.3 Å². The first-order valence-electron chi connectivity index (χ1n) is 5.47. The van der Waals surface area contributed by atoms with Crippen molar-refractivity contribution in [2.24, 2.45) is 0 Å². The zero-order valence-corrected chi connectivity index (χ0v) is 10.5.